The molecule has 1 aromatic carbocycles. The maximum atomic E-state index is 11.0. The van der Waals surface area contributed by atoms with Crippen LogP contribution in [0.25, 0.3) is 0 Å². The van der Waals surface area contributed by atoms with Crippen LogP contribution in [0, 0.1) is 11.3 Å². The third kappa shape index (κ3) is 4.78. The molecule has 0 saturated heterocycles. The zero-order valence-corrected chi connectivity index (χ0v) is 11.6. The Morgan fingerprint density at radius 1 is 1.55 bits per heavy atom. The molecule has 0 bridgehead atoms. The summed E-state index contributed by atoms with van der Waals surface area (Å²) in [5.41, 5.74) is 1.64. The smallest absolute Gasteiger partial charge is 0.217 e. The molecular formula is C14H19N3O3. The van der Waals surface area contributed by atoms with Crippen molar-refractivity contribution in [3.63, 3.8) is 0 Å². The van der Waals surface area contributed by atoms with Crippen molar-refractivity contribution in [3.8, 4) is 11.8 Å². The van der Waals surface area contributed by atoms with Crippen molar-refractivity contribution >= 4 is 11.6 Å². The number of ether oxygens (including phenoxy) is 1. The molecule has 6 nitrogen and oxygen atoms in total. The molecule has 0 aliphatic rings. The van der Waals surface area contributed by atoms with Crippen LogP contribution in [0.5, 0.6) is 5.75 Å². The van der Waals surface area contributed by atoms with Gasteiger partial charge in [0.05, 0.1) is 25.5 Å². The number of carbonyl (C=O) groups is 1. The monoisotopic (exact) mass is 277 g/mol. The van der Waals surface area contributed by atoms with Crippen molar-refractivity contribution in [2.75, 3.05) is 25.6 Å². The molecule has 20 heavy (non-hydrogen) atoms. The summed E-state index contributed by atoms with van der Waals surface area (Å²) in [6, 6.07) is 6.97. The summed E-state index contributed by atoms with van der Waals surface area (Å²) in [5, 5.41) is 23.5. The van der Waals surface area contributed by atoms with Gasteiger partial charge in [-0.25, -0.2) is 0 Å². The van der Waals surface area contributed by atoms with Crippen molar-refractivity contribution < 1.29 is 14.6 Å². The number of nitriles is 1. The Bertz CT molecular complexity index is 497. The number of aliphatic hydroxyl groups is 1. The van der Waals surface area contributed by atoms with E-state index in [-0.39, 0.29) is 12.5 Å². The van der Waals surface area contributed by atoms with Crippen LogP contribution < -0.4 is 15.4 Å². The molecule has 0 heterocycles. The first kappa shape index (κ1) is 15.8. The first-order chi connectivity index (χ1) is 9.60. The molecule has 1 unspecified atom stereocenters. The van der Waals surface area contributed by atoms with Gasteiger partial charge in [-0.15, -0.1) is 0 Å². The molecule has 1 atom stereocenters. The van der Waals surface area contributed by atoms with E-state index < -0.39 is 6.04 Å². The van der Waals surface area contributed by atoms with E-state index in [9.17, 15) is 4.79 Å². The third-order valence-electron chi connectivity index (χ3n) is 2.66. The van der Waals surface area contributed by atoms with Gasteiger partial charge in [0.15, 0.2) is 0 Å². The molecule has 0 saturated carbocycles. The number of hydrogen-bond acceptors (Lipinski definition) is 5. The fourth-order valence-electron chi connectivity index (χ4n) is 1.82. The fourth-order valence-corrected chi connectivity index (χ4v) is 1.82. The van der Waals surface area contributed by atoms with Gasteiger partial charge in [-0.1, -0.05) is 6.07 Å². The van der Waals surface area contributed by atoms with Crippen molar-refractivity contribution in [3.05, 3.63) is 23.8 Å². The topological polar surface area (TPSA) is 94.4 Å². The summed E-state index contributed by atoms with van der Waals surface area (Å²) in [4.78, 5) is 11.0. The number of carbonyl (C=O) groups excluding carboxylic acids is 1. The summed E-state index contributed by atoms with van der Waals surface area (Å²) in [6.07, 6.45) is 0.411. The van der Waals surface area contributed by atoms with Gasteiger partial charge in [0, 0.05) is 19.9 Å². The minimum atomic E-state index is -0.563. The van der Waals surface area contributed by atoms with Crippen LogP contribution in [0.4, 0.5) is 5.69 Å². The van der Waals surface area contributed by atoms with Crippen LogP contribution in [0.15, 0.2) is 18.2 Å². The lowest BCUT2D eigenvalue weighted by Gasteiger charge is -2.14. The lowest BCUT2D eigenvalue weighted by atomic mass is 10.1. The van der Waals surface area contributed by atoms with Gasteiger partial charge < -0.3 is 20.5 Å². The van der Waals surface area contributed by atoms with Gasteiger partial charge in [-0.3, -0.25) is 4.79 Å². The molecule has 0 fully saturated rings. The highest BCUT2D eigenvalue weighted by Crippen LogP contribution is 2.25. The molecule has 0 aliphatic heterocycles. The minimum Gasteiger partial charge on any atom is -0.495 e. The predicted octanol–water partition coefficient (Wildman–Crippen LogP) is 0.670. The Hall–Kier alpha value is -2.26. The first-order valence-electron chi connectivity index (χ1n) is 6.29. The van der Waals surface area contributed by atoms with Crippen molar-refractivity contribution in [2.45, 2.75) is 19.4 Å². The van der Waals surface area contributed by atoms with Crippen molar-refractivity contribution in [1.82, 2.24) is 5.32 Å². The molecule has 3 N–H and O–H groups in total. The molecule has 1 aromatic rings. The lowest BCUT2D eigenvalue weighted by molar-refractivity contribution is -0.119. The molecule has 0 aliphatic carbocycles. The number of nitrogens with one attached hydrogen (secondary N) is 2. The average molecular weight is 277 g/mol. The Balaban J connectivity index is 2.85. The fraction of sp³-hybridized carbons (Fsp3) is 0.429. The summed E-state index contributed by atoms with van der Waals surface area (Å²) in [6.45, 7) is 1.81. The summed E-state index contributed by atoms with van der Waals surface area (Å²) in [7, 11) is 1.56. The molecule has 1 amide bonds. The van der Waals surface area contributed by atoms with Crippen LogP contribution >= 0.6 is 0 Å². The average Bonchev–Trinajstić information content (AvgIpc) is 2.44. The van der Waals surface area contributed by atoms with E-state index in [0.717, 1.165) is 11.3 Å². The van der Waals surface area contributed by atoms with Gasteiger partial charge in [0.2, 0.25) is 5.91 Å². The second-order valence-corrected chi connectivity index (χ2v) is 4.27. The molecular weight excluding hydrogens is 258 g/mol. The number of rotatable bonds is 7. The van der Waals surface area contributed by atoms with Crippen LogP contribution in [-0.2, 0) is 11.2 Å². The molecule has 0 radical (unpaired) electrons. The van der Waals surface area contributed by atoms with E-state index in [1.54, 1.807) is 13.2 Å². The molecule has 108 valence electrons. The Labute approximate surface area is 118 Å². The number of amides is 1. The number of aliphatic hydroxyl groups excluding tert-OH is 1. The Kier molecular flexibility index (Phi) is 6.33. The number of nitrogens with zero attached hydrogens (tertiary/aromatic N) is 1. The van der Waals surface area contributed by atoms with Crippen molar-refractivity contribution in [2.24, 2.45) is 0 Å². The van der Waals surface area contributed by atoms with Crippen LogP contribution in [-0.4, -0.2) is 37.3 Å². The zero-order valence-electron chi connectivity index (χ0n) is 11.6. The summed E-state index contributed by atoms with van der Waals surface area (Å²) < 4.78 is 5.21. The van der Waals surface area contributed by atoms with E-state index in [1.807, 2.05) is 18.2 Å². The van der Waals surface area contributed by atoms with E-state index in [0.29, 0.717) is 18.7 Å². The second kappa shape index (κ2) is 8.02. The van der Waals surface area contributed by atoms with Gasteiger partial charge in [0.25, 0.3) is 0 Å². The Morgan fingerprint density at radius 2 is 2.30 bits per heavy atom. The largest absolute Gasteiger partial charge is 0.495 e. The number of anilines is 1. The zero-order chi connectivity index (χ0) is 15.0. The molecule has 0 spiro atoms. The lowest BCUT2D eigenvalue weighted by Crippen LogP contribution is -2.33. The first-order valence-corrected chi connectivity index (χ1v) is 6.29. The maximum Gasteiger partial charge on any atom is 0.217 e. The number of benzene rings is 1. The van der Waals surface area contributed by atoms with E-state index in [1.165, 1.54) is 6.92 Å². The van der Waals surface area contributed by atoms with Crippen LogP contribution in [0.3, 0.4) is 0 Å². The minimum absolute atomic E-state index is 0.0140. The number of methoxy groups -OCH3 is 1. The predicted molar refractivity (Wildman–Crippen MR) is 75.5 cm³/mol. The van der Waals surface area contributed by atoms with Gasteiger partial charge in [0.1, 0.15) is 11.8 Å². The number of hydrogen-bond donors (Lipinski definition) is 3. The highest BCUT2D eigenvalue weighted by atomic mass is 16.5. The SMILES string of the molecule is COc1ccc(CC(C#N)NC(C)=O)cc1NCCO. The second-order valence-electron chi connectivity index (χ2n) is 4.27. The highest BCUT2D eigenvalue weighted by molar-refractivity contribution is 5.73. The standard InChI is InChI=1S/C14H19N3O3/c1-10(19)17-12(9-15)7-11-3-4-14(20-2)13(8-11)16-5-6-18/h3-4,8,12,16,18H,5-7H2,1-2H3,(H,17,19). The highest BCUT2D eigenvalue weighted by Gasteiger charge is 2.11. The van der Waals surface area contributed by atoms with Crippen molar-refractivity contribution in [1.29, 1.82) is 5.26 Å². The van der Waals surface area contributed by atoms with E-state index in [4.69, 9.17) is 15.1 Å². The molecule has 1 rings (SSSR count). The molecule has 0 aromatic heterocycles. The summed E-state index contributed by atoms with van der Waals surface area (Å²) in [5.74, 6) is 0.430. The van der Waals surface area contributed by atoms with Gasteiger partial charge in [-0.05, 0) is 17.7 Å². The maximum absolute atomic E-state index is 11.0. The van der Waals surface area contributed by atoms with Crippen LogP contribution in [0.2, 0.25) is 0 Å². The van der Waals surface area contributed by atoms with Crippen LogP contribution in [0.1, 0.15) is 12.5 Å². The Morgan fingerprint density at radius 3 is 2.85 bits per heavy atom. The molecule has 6 heteroatoms. The quantitative estimate of drug-likeness (QED) is 0.681. The van der Waals surface area contributed by atoms with E-state index in [2.05, 4.69) is 10.6 Å². The van der Waals surface area contributed by atoms with Gasteiger partial charge >= 0.3 is 0 Å². The summed E-state index contributed by atoms with van der Waals surface area (Å²) >= 11 is 0. The van der Waals surface area contributed by atoms with Gasteiger partial charge in [-0.2, -0.15) is 5.26 Å². The third-order valence-corrected chi connectivity index (χ3v) is 2.66. The normalized spacial score (nSPS) is 11.3. The van der Waals surface area contributed by atoms with E-state index >= 15 is 0 Å².